The fraction of sp³-hybridized carbons (Fsp3) is 0.688. The maximum absolute atomic E-state index is 12.6. The third-order valence-corrected chi connectivity index (χ3v) is 4.47. The van der Waals surface area contributed by atoms with Crippen LogP contribution in [-0.2, 0) is 14.4 Å². The van der Waals surface area contributed by atoms with E-state index in [9.17, 15) is 14.4 Å². The van der Waals surface area contributed by atoms with E-state index < -0.39 is 11.9 Å². The number of amides is 2. The van der Waals surface area contributed by atoms with E-state index in [4.69, 9.17) is 5.11 Å². The minimum Gasteiger partial charge on any atom is -0.481 e. The number of carbonyl (C=O) groups is 3. The van der Waals surface area contributed by atoms with Crippen molar-refractivity contribution in [3.63, 3.8) is 0 Å². The van der Waals surface area contributed by atoms with E-state index in [0.29, 0.717) is 25.9 Å². The fourth-order valence-corrected chi connectivity index (χ4v) is 3.12. The van der Waals surface area contributed by atoms with Gasteiger partial charge in [0, 0.05) is 25.0 Å². The highest BCUT2D eigenvalue weighted by atomic mass is 16.4. The Morgan fingerprint density at radius 3 is 2.82 bits per heavy atom. The molecule has 2 rings (SSSR count). The van der Waals surface area contributed by atoms with Crippen LogP contribution in [0.15, 0.2) is 12.2 Å². The van der Waals surface area contributed by atoms with Crippen molar-refractivity contribution in [1.82, 2.24) is 10.2 Å². The predicted octanol–water partition coefficient (Wildman–Crippen LogP) is 1.17. The number of carboxylic acid groups (broad SMARTS) is 1. The van der Waals surface area contributed by atoms with Gasteiger partial charge in [-0.25, -0.2) is 0 Å². The van der Waals surface area contributed by atoms with Gasteiger partial charge in [0.2, 0.25) is 11.8 Å². The lowest BCUT2D eigenvalue weighted by atomic mass is 9.97. The molecule has 0 aromatic carbocycles. The molecule has 0 aromatic rings. The molecule has 2 N–H and O–H groups in total. The van der Waals surface area contributed by atoms with Gasteiger partial charge in [0.05, 0.1) is 12.3 Å². The number of nitrogens with zero attached hydrogens (tertiary/aromatic N) is 1. The number of hydrogen-bond donors (Lipinski definition) is 2. The summed E-state index contributed by atoms with van der Waals surface area (Å²) in [7, 11) is 0. The summed E-state index contributed by atoms with van der Waals surface area (Å²) in [6.45, 7) is 2.98. The molecular weight excluding hydrogens is 284 g/mol. The number of allylic oxidation sites excluding steroid dienone is 2. The number of fused-ring (bicyclic) bond motifs is 1. The molecule has 2 aliphatic heterocycles. The molecule has 0 aliphatic carbocycles. The van der Waals surface area contributed by atoms with Gasteiger partial charge in [-0.2, -0.15) is 0 Å². The van der Waals surface area contributed by atoms with Gasteiger partial charge in [0.1, 0.15) is 0 Å². The van der Waals surface area contributed by atoms with Gasteiger partial charge >= 0.3 is 5.97 Å². The van der Waals surface area contributed by atoms with Gasteiger partial charge in [-0.3, -0.25) is 14.4 Å². The summed E-state index contributed by atoms with van der Waals surface area (Å²) < 4.78 is 0. The number of carbonyl (C=O) groups excluding carboxylic acids is 2. The molecule has 122 valence electrons. The molecular formula is C16H24N2O4. The van der Waals surface area contributed by atoms with Gasteiger partial charge in [0.15, 0.2) is 0 Å². The second kappa shape index (κ2) is 7.42. The third kappa shape index (κ3) is 4.08. The van der Waals surface area contributed by atoms with Crippen LogP contribution in [0.25, 0.3) is 0 Å². The number of rotatable bonds is 2. The molecule has 22 heavy (non-hydrogen) atoms. The van der Waals surface area contributed by atoms with Crippen LogP contribution < -0.4 is 5.32 Å². The van der Waals surface area contributed by atoms with Crippen molar-refractivity contribution in [2.75, 3.05) is 13.1 Å². The van der Waals surface area contributed by atoms with Crippen LogP contribution in [0.2, 0.25) is 0 Å². The van der Waals surface area contributed by atoms with Crippen LogP contribution in [0.4, 0.5) is 0 Å². The van der Waals surface area contributed by atoms with Gasteiger partial charge < -0.3 is 15.3 Å². The molecule has 3 atom stereocenters. The van der Waals surface area contributed by atoms with Crippen LogP contribution >= 0.6 is 0 Å². The summed E-state index contributed by atoms with van der Waals surface area (Å²) in [6.07, 6.45) is 6.34. The Balaban J connectivity index is 2.18. The summed E-state index contributed by atoms with van der Waals surface area (Å²) in [5.41, 5.74) is 0. The van der Waals surface area contributed by atoms with Crippen LogP contribution in [0, 0.1) is 11.8 Å². The van der Waals surface area contributed by atoms with E-state index in [1.165, 1.54) is 0 Å². The molecule has 0 aromatic heterocycles. The molecule has 0 saturated carbocycles. The lowest BCUT2D eigenvalue weighted by molar-refractivity contribution is -0.145. The first-order valence-electron chi connectivity index (χ1n) is 7.94. The summed E-state index contributed by atoms with van der Waals surface area (Å²) >= 11 is 0. The first-order chi connectivity index (χ1) is 10.5. The van der Waals surface area contributed by atoms with Crippen molar-refractivity contribution >= 4 is 17.8 Å². The van der Waals surface area contributed by atoms with Crippen LogP contribution in [0.5, 0.6) is 0 Å². The average molecular weight is 308 g/mol. The van der Waals surface area contributed by atoms with Gasteiger partial charge in [-0.1, -0.05) is 19.1 Å². The molecule has 0 spiro atoms. The largest absolute Gasteiger partial charge is 0.481 e. The van der Waals surface area contributed by atoms with Crippen molar-refractivity contribution in [3.8, 4) is 0 Å². The monoisotopic (exact) mass is 308 g/mol. The van der Waals surface area contributed by atoms with Gasteiger partial charge in [-0.15, -0.1) is 0 Å². The number of nitrogens with one attached hydrogen (secondary N) is 1. The number of aliphatic carboxylic acids is 1. The van der Waals surface area contributed by atoms with E-state index >= 15 is 0 Å². The van der Waals surface area contributed by atoms with E-state index in [0.717, 1.165) is 12.8 Å². The molecule has 1 fully saturated rings. The Bertz CT molecular complexity index is 475. The van der Waals surface area contributed by atoms with Crippen molar-refractivity contribution in [2.24, 2.45) is 11.8 Å². The number of hydrogen-bond acceptors (Lipinski definition) is 3. The summed E-state index contributed by atoms with van der Waals surface area (Å²) in [4.78, 5) is 37.4. The smallest absolute Gasteiger partial charge is 0.304 e. The van der Waals surface area contributed by atoms with E-state index in [1.807, 2.05) is 19.1 Å². The second-order valence-electron chi connectivity index (χ2n) is 6.21. The lowest BCUT2D eigenvalue weighted by Crippen LogP contribution is -2.46. The van der Waals surface area contributed by atoms with Crippen LogP contribution in [0.3, 0.4) is 0 Å². The SMILES string of the molecule is C[C@H]1CC=CC[C@@H](CC(=O)O)C(=O)N2CCC[C@H]2CNC1=O. The highest BCUT2D eigenvalue weighted by Crippen LogP contribution is 2.23. The van der Waals surface area contributed by atoms with Crippen molar-refractivity contribution in [2.45, 2.75) is 45.1 Å². The standard InChI is InChI=1S/C16H24N2O4/c1-11-5-2-3-6-12(9-14(19)20)16(22)18-8-4-7-13(18)10-17-15(11)21/h2-3,11-13H,4-10H2,1H3,(H,17,21)(H,19,20)/t11-,12-,13-/m0/s1. The summed E-state index contributed by atoms with van der Waals surface area (Å²) in [5, 5.41) is 12.0. The zero-order chi connectivity index (χ0) is 16.1. The molecule has 1 saturated heterocycles. The Labute approximate surface area is 130 Å². The van der Waals surface area contributed by atoms with Crippen LogP contribution in [-0.4, -0.2) is 46.9 Å². The molecule has 0 radical (unpaired) electrons. The zero-order valence-corrected chi connectivity index (χ0v) is 13.0. The third-order valence-electron chi connectivity index (χ3n) is 4.47. The molecule has 0 bridgehead atoms. The molecule has 6 heteroatoms. The number of carboxylic acids is 1. The lowest BCUT2D eigenvalue weighted by Gasteiger charge is -2.29. The first-order valence-corrected chi connectivity index (χ1v) is 7.94. The van der Waals surface area contributed by atoms with Gasteiger partial charge in [0.25, 0.3) is 0 Å². The second-order valence-corrected chi connectivity index (χ2v) is 6.21. The maximum Gasteiger partial charge on any atom is 0.304 e. The van der Waals surface area contributed by atoms with Crippen molar-refractivity contribution in [1.29, 1.82) is 0 Å². The Kier molecular flexibility index (Phi) is 5.57. The Hall–Kier alpha value is -1.85. The summed E-state index contributed by atoms with van der Waals surface area (Å²) in [5.74, 6) is -1.67. The summed E-state index contributed by atoms with van der Waals surface area (Å²) in [6, 6.07) is -0.0108. The van der Waals surface area contributed by atoms with E-state index in [1.54, 1.807) is 4.90 Å². The maximum atomic E-state index is 12.6. The minimum atomic E-state index is -0.948. The van der Waals surface area contributed by atoms with Crippen LogP contribution in [0.1, 0.15) is 39.0 Å². The average Bonchev–Trinajstić information content (AvgIpc) is 2.93. The highest BCUT2D eigenvalue weighted by Gasteiger charge is 2.34. The van der Waals surface area contributed by atoms with Crippen molar-refractivity contribution < 1.29 is 19.5 Å². The minimum absolute atomic E-state index is 0.00612. The predicted molar refractivity (Wildman–Crippen MR) is 81.0 cm³/mol. The fourth-order valence-electron chi connectivity index (χ4n) is 3.12. The quantitative estimate of drug-likeness (QED) is 0.750. The first kappa shape index (κ1) is 16.5. The zero-order valence-electron chi connectivity index (χ0n) is 13.0. The molecule has 2 amide bonds. The molecule has 6 nitrogen and oxygen atoms in total. The normalized spacial score (nSPS) is 30.2. The van der Waals surface area contributed by atoms with Gasteiger partial charge in [-0.05, 0) is 25.7 Å². The molecule has 2 aliphatic rings. The highest BCUT2D eigenvalue weighted by molar-refractivity contribution is 5.84. The van der Waals surface area contributed by atoms with Crippen molar-refractivity contribution in [3.05, 3.63) is 12.2 Å². The van der Waals surface area contributed by atoms with E-state index in [-0.39, 0.29) is 30.2 Å². The molecule has 2 heterocycles. The molecule has 0 unspecified atom stereocenters. The van der Waals surface area contributed by atoms with E-state index in [2.05, 4.69) is 5.32 Å². The Morgan fingerprint density at radius 2 is 2.09 bits per heavy atom. The Morgan fingerprint density at radius 1 is 1.36 bits per heavy atom. The topological polar surface area (TPSA) is 86.7 Å².